The van der Waals surface area contributed by atoms with Crippen LogP contribution in [0.4, 0.5) is 4.39 Å². The van der Waals surface area contributed by atoms with Crippen molar-refractivity contribution in [3.05, 3.63) is 29.6 Å². The standard InChI is InChI=1S/C14H21FN2O/c1-10-2-3-12(7-16)9-17(10)8-11-4-5-14(18)13(15)6-11/h4-6,10,12,18H,2-3,7-9,16H2,1H3. The van der Waals surface area contributed by atoms with Crippen LogP contribution in [0.3, 0.4) is 0 Å². The summed E-state index contributed by atoms with van der Waals surface area (Å²) < 4.78 is 13.3. The average Bonchev–Trinajstić information content (AvgIpc) is 2.36. The molecule has 0 aliphatic carbocycles. The first kappa shape index (κ1) is 13.3. The number of phenolic OH excluding ortho intramolecular Hbond substituents is 1. The van der Waals surface area contributed by atoms with Gasteiger partial charge in [-0.1, -0.05) is 6.07 Å². The van der Waals surface area contributed by atoms with Crippen molar-refractivity contribution in [1.82, 2.24) is 4.90 Å². The van der Waals surface area contributed by atoms with Crippen LogP contribution in [0.5, 0.6) is 5.75 Å². The number of piperidine rings is 1. The maximum absolute atomic E-state index is 13.3. The Morgan fingerprint density at radius 3 is 2.89 bits per heavy atom. The van der Waals surface area contributed by atoms with E-state index in [1.165, 1.54) is 18.6 Å². The molecule has 3 N–H and O–H groups in total. The van der Waals surface area contributed by atoms with Crippen LogP contribution in [0.15, 0.2) is 18.2 Å². The molecule has 0 aromatic heterocycles. The summed E-state index contributed by atoms with van der Waals surface area (Å²) in [6, 6.07) is 5.11. The van der Waals surface area contributed by atoms with Crippen molar-refractivity contribution in [3.8, 4) is 5.75 Å². The number of halogens is 1. The molecule has 100 valence electrons. The Balaban J connectivity index is 2.04. The molecule has 0 spiro atoms. The van der Waals surface area contributed by atoms with E-state index in [0.717, 1.165) is 25.1 Å². The van der Waals surface area contributed by atoms with Crippen LogP contribution in [0.1, 0.15) is 25.3 Å². The Bertz CT molecular complexity index is 411. The molecule has 3 nitrogen and oxygen atoms in total. The Kier molecular flexibility index (Phi) is 4.19. The summed E-state index contributed by atoms with van der Waals surface area (Å²) in [6.07, 6.45) is 2.32. The van der Waals surface area contributed by atoms with Gasteiger partial charge in [0.25, 0.3) is 0 Å². The Hall–Kier alpha value is -1.13. The van der Waals surface area contributed by atoms with Crippen LogP contribution < -0.4 is 5.73 Å². The number of nitrogens with zero attached hydrogens (tertiary/aromatic N) is 1. The minimum absolute atomic E-state index is 0.287. The minimum atomic E-state index is -0.549. The number of hydrogen-bond acceptors (Lipinski definition) is 3. The van der Waals surface area contributed by atoms with Crippen LogP contribution >= 0.6 is 0 Å². The molecule has 1 fully saturated rings. The fraction of sp³-hybridized carbons (Fsp3) is 0.571. The third-order valence-corrected chi connectivity index (χ3v) is 3.84. The third kappa shape index (κ3) is 3.00. The number of hydrogen-bond donors (Lipinski definition) is 2. The SMILES string of the molecule is CC1CCC(CN)CN1Cc1ccc(O)c(F)c1. The number of likely N-dealkylation sites (tertiary alicyclic amines) is 1. The zero-order chi connectivity index (χ0) is 13.1. The highest BCUT2D eigenvalue weighted by Gasteiger charge is 2.24. The largest absolute Gasteiger partial charge is 0.505 e. The molecule has 0 radical (unpaired) electrons. The summed E-state index contributed by atoms with van der Waals surface area (Å²) in [5.74, 6) is -0.291. The van der Waals surface area contributed by atoms with Crippen molar-refractivity contribution in [2.75, 3.05) is 13.1 Å². The third-order valence-electron chi connectivity index (χ3n) is 3.84. The number of nitrogens with two attached hydrogens (primary N) is 1. The van der Waals surface area contributed by atoms with Crippen molar-refractivity contribution in [2.24, 2.45) is 11.7 Å². The van der Waals surface area contributed by atoms with Crippen LogP contribution in [0.2, 0.25) is 0 Å². The zero-order valence-electron chi connectivity index (χ0n) is 10.8. The van der Waals surface area contributed by atoms with Crippen molar-refractivity contribution in [1.29, 1.82) is 0 Å². The molecule has 2 atom stereocenters. The Morgan fingerprint density at radius 1 is 1.44 bits per heavy atom. The van der Waals surface area contributed by atoms with Crippen LogP contribution in [0.25, 0.3) is 0 Å². The van der Waals surface area contributed by atoms with Gasteiger partial charge in [-0.25, -0.2) is 4.39 Å². The highest BCUT2D eigenvalue weighted by molar-refractivity contribution is 5.28. The molecule has 1 aromatic rings. The molecule has 1 saturated heterocycles. The van der Waals surface area contributed by atoms with Gasteiger partial charge in [0.1, 0.15) is 0 Å². The summed E-state index contributed by atoms with van der Waals surface area (Å²) in [7, 11) is 0. The highest BCUT2D eigenvalue weighted by Crippen LogP contribution is 2.24. The van der Waals surface area contributed by atoms with Crippen molar-refractivity contribution in [3.63, 3.8) is 0 Å². The van der Waals surface area contributed by atoms with E-state index in [1.807, 2.05) is 0 Å². The molecule has 0 amide bonds. The first-order valence-corrected chi connectivity index (χ1v) is 6.51. The number of rotatable bonds is 3. The van der Waals surface area contributed by atoms with E-state index in [4.69, 9.17) is 5.73 Å². The van der Waals surface area contributed by atoms with Gasteiger partial charge in [0, 0.05) is 19.1 Å². The molecule has 1 aromatic carbocycles. The first-order valence-electron chi connectivity index (χ1n) is 6.51. The van der Waals surface area contributed by atoms with Crippen LogP contribution in [0, 0.1) is 11.7 Å². The quantitative estimate of drug-likeness (QED) is 0.866. The summed E-state index contributed by atoms with van der Waals surface area (Å²) in [5.41, 5.74) is 6.63. The Labute approximate surface area is 107 Å². The van der Waals surface area contributed by atoms with Gasteiger partial charge < -0.3 is 10.8 Å². The predicted octanol–water partition coefficient (Wildman–Crippen LogP) is 2.09. The fourth-order valence-electron chi connectivity index (χ4n) is 2.56. The van der Waals surface area contributed by atoms with Crippen molar-refractivity contribution >= 4 is 0 Å². The second-order valence-corrected chi connectivity index (χ2v) is 5.24. The van der Waals surface area contributed by atoms with E-state index in [0.29, 0.717) is 18.5 Å². The number of aromatic hydroxyl groups is 1. The second-order valence-electron chi connectivity index (χ2n) is 5.24. The van der Waals surface area contributed by atoms with E-state index >= 15 is 0 Å². The van der Waals surface area contributed by atoms with Crippen molar-refractivity contribution in [2.45, 2.75) is 32.4 Å². The topological polar surface area (TPSA) is 49.5 Å². The number of benzene rings is 1. The van der Waals surface area contributed by atoms with E-state index < -0.39 is 5.82 Å². The molecule has 0 saturated carbocycles. The normalized spacial score (nSPS) is 25.3. The van der Waals surface area contributed by atoms with Gasteiger partial charge in [0.15, 0.2) is 11.6 Å². The summed E-state index contributed by atoms with van der Waals surface area (Å²) >= 11 is 0. The minimum Gasteiger partial charge on any atom is -0.505 e. The van der Waals surface area contributed by atoms with E-state index in [2.05, 4.69) is 11.8 Å². The van der Waals surface area contributed by atoms with Gasteiger partial charge in [0.05, 0.1) is 0 Å². The molecule has 2 unspecified atom stereocenters. The maximum atomic E-state index is 13.3. The van der Waals surface area contributed by atoms with Gasteiger partial charge >= 0.3 is 0 Å². The molecule has 1 aliphatic heterocycles. The summed E-state index contributed by atoms with van der Waals surface area (Å²) in [6.45, 7) is 4.60. The molecular weight excluding hydrogens is 231 g/mol. The molecule has 1 heterocycles. The zero-order valence-corrected chi connectivity index (χ0v) is 10.8. The van der Waals surface area contributed by atoms with E-state index in [9.17, 15) is 9.50 Å². The molecule has 0 bridgehead atoms. The predicted molar refractivity (Wildman–Crippen MR) is 69.7 cm³/mol. The molecule has 1 aliphatic rings. The lowest BCUT2D eigenvalue weighted by Gasteiger charge is -2.37. The van der Waals surface area contributed by atoms with Gasteiger partial charge in [-0.2, -0.15) is 0 Å². The molecule has 2 rings (SSSR count). The van der Waals surface area contributed by atoms with Gasteiger partial charge in [-0.3, -0.25) is 4.90 Å². The van der Waals surface area contributed by atoms with Gasteiger partial charge in [0.2, 0.25) is 0 Å². The lowest BCUT2D eigenvalue weighted by Crippen LogP contribution is -2.43. The molecular formula is C14H21FN2O. The summed E-state index contributed by atoms with van der Waals surface area (Å²) in [5, 5.41) is 9.18. The molecule has 4 heteroatoms. The fourth-order valence-corrected chi connectivity index (χ4v) is 2.56. The number of phenols is 1. The lowest BCUT2D eigenvalue weighted by molar-refractivity contribution is 0.113. The lowest BCUT2D eigenvalue weighted by atomic mass is 9.93. The monoisotopic (exact) mass is 252 g/mol. The van der Waals surface area contributed by atoms with Gasteiger partial charge in [-0.05, 0) is 49.9 Å². The van der Waals surface area contributed by atoms with Crippen LogP contribution in [-0.4, -0.2) is 29.1 Å². The highest BCUT2D eigenvalue weighted by atomic mass is 19.1. The smallest absolute Gasteiger partial charge is 0.165 e. The van der Waals surface area contributed by atoms with E-state index in [1.54, 1.807) is 6.07 Å². The van der Waals surface area contributed by atoms with Crippen LogP contribution in [-0.2, 0) is 6.54 Å². The van der Waals surface area contributed by atoms with Gasteiger partial charge in [-0.15, -0.1) is 0 Å². The van der Waals surface area contributed by atoms with Crippen molar-refractivity contribution < 1.29 is 9.50 Å². The van der Waals surface area contributed by atoms with E-state index in [-0.39, 0.29) is 5.75 Å². The maximum Gasteiger partial charge on any atom is 0.165 e. The molecule has 18 heavy (non-hydrogen) atoms. The summed E-state index contributed by atoms with van der Waals surface area (Å²) in [4.78, 5) is 2.34. The Morgan fingerprint density at radius 2 is 2.22 bits per heavy atom. The second kappa shape index (κ2) is 5.67. The average molecular weight is 252 g/mol. The first-order chi connectivity index (χ1) is 8.60.